The molecule has 1 aliphatic carbocycles. The largest absolute Gasteiger partial charge is 0.490 e. The molecule has 1 fully saturated rings. The molecule has 1 saturated carbocycles. The van der Waals surface area contributed by atoms with Crippen molar-refractivity contribution in [1.82, 2.24) is 5.32 Å². The molecule has 0 heterocycles. The average molecular weight is 285 g/mol. The minimum atomic E-state index is -0.148. The van der Waals surface area contributed by atoms with E-state index in [1.54, 1.807) is 0 Å². The van der Waals surface area contributed by atoms with Crippen LogP contribution in [-0.4, -0.2) is 18.6 Å². The number of nitrogens with two attached hydrogens (primary N) is 1. The predicted molar refractivity (Wildman–Crippen MR) is 77.5 cm³/mol. The van der Waals surface area contributed by atoms with Crippen molar-refractivity contribution in [1.29, 1.82) is 0 Å². The summed E-state index contributed by atoms with van der Waals surface area (Å²) in [6.45, 7) is 0.491. The van der Waals surface area contributed by atoms with Crippen LogP contribution in [0.2, 0.25) is 0 Å². The maximum atomic E-state index is 11.2. The third kappa shape index (κ3) is 4.73. The second-order valence-electron chi connectivity index (χ2n) is 4.61. The van der Waals surface area contributed by atoms with E-state index in [9.17, 15) is 4.79 Å². The van der Waals surface area contributed by atoms with Crippen molar-refractivity contribution in [2.45, 2.75) is 38.3 Å². The van der Waals surface area contributed by atoms with E-state index in [2.05, 4.69) is 5.32 Å². The Morgan fingerprint density at radius 2 is 2.00 bits per heavy atom. The number of benzene rings is 1. The number of rotatable bonds is 5. The SMILES string of the molecule is Cl.NCC(=O)NCc1ccccc1OC1CCCC1. The van der Waals surface area contributed by atoms with E-state index >= 15 is 0 Å². The molecule has 0 aliphatic heterocycles. The Morgan fingerprint density at radius 1 is 1.32 bits per heavy atom. The van der Waals surface area contributed by atoms with Crippen molar-refractivity contribution in [3.8, 4) is 5.75 Å². The number of nitrogens with one attached hydrogen (secondary N) is 1. The fourth-order valence-electron chi connectivity index (χ4n) is 2.22. The van der Waals surface area contributed by atoms with E-state index in [0.717, 1.165) is 24.2 Å². The number of hydrogen-bond acceptors (Lipinski definition) is 3. The Kier molecular flexibility index (Phi) is 6.67. The lowest BCUT2D eigenvalue weighted by Gasteiger charge is -2.16. The third-order valence-electron chi connectivity index (χ3n) is 3.23. The second kappa shape index (κ2) is 8.02. The molecule has 0 atom stereocenters. The van der Waals surface area contributed by atoms with Crippen molar-refractivity contribution in [2.75, 3.05) is 6.54 Å². The molecular weight excluding hydrogens is 264 g/mol. The van der Waals surface area contributed by atoms with Crippen molar-refractivity contribution in [3.63, 3.8) is 0 Å². The molecule has 0 saturated heterocycles. The van der Waals surface area contributed by atoms with E-state index in [4.69, 9.17) is 10.5 Å². The molecular formula is C14H21ClN2O2. The minimum absolute atomic E-state index is 0. The molecule has 3 N–H and O–H groups in total. The van der Waals surface area contributed by atoms with E-state index in [1.165, 1.54) is 12.8 Å². The first kappa shape index (κ1) is 15.8. The van der Waals surface area contributed by atoms with Gasteiger partial charge in [-0.3, -0.25) is 4.79 Å². The average Bonchev–Trinajstić information content (AvgIpc) is 2.90. The molecule has 4 nitrogen and oxygen atoms in total. The van der Waals surface area contributed by atoms with Crippen LogP contribution in [0.15, 0.2) is 24.3 Å². The summed E-state index contributed by atoms with van der Waals surface area (Å²) >= 11 is 0. The van der Waals surface area contributed by atoms with E-state index < -0.39 is 0 Å². The highest BCUT2D eigenvalue weighted by Crippen LogP contribution is 2.26. The fourth-order valence-corrected chi connectivity index (χ4v) is 2.22. The monoisotopic (exact) mass is 284 g/mol. The summed E-state index contributed by atoms with van der Waals surface area (Å²) in [5.74, 6) is 0.729. The van der Waals surface area contributed by atoms with Gasteiger partial charge in [-0.05, 0) is 31.7 Å². The zero-order valence-corrected chi connectivity index (χ0v) is 11.7. The Balaban J connectivity index is 0.00000180. The molecule has 0 unspecified atom stereocenters. The van der Waals surface area contributed by atoms with Gasteiger partial charge in [0.05, 0.1) is 12.6 Å². The summed E-state index contributed by atoms with van der Waals surface area (Å²) in [5.41, 5.74) is 6.27. The highest BCUT2D eigenvalue weighted by Gasteiger charge is 2.17. The van der Waals surface area contributed by atoms with Crippen molar-refractivity contribution in [2.24, 2.45) is 5.73 Å². The predicted octanol–water partition coefficient (Wildman–Crippen LogP) is 2.00. The number of ether oxygens (including phenoxy) is 1. The van der Waals surface area contributed by atoms with Crippen molar-refractivity contribution >= 4 is 18.3 Å². The molecule has 1 aromatic rings. The van der Waals surface area contributed by atoms with Gasteiger partial charge in [0.15, 0.2) is 0 Å². The number of amides is 1. The fraction of sp³-hybridized carbons (Fsp3) is 0.500. The molecule has 0 bridgehead atoms. The lowest BCUT2D eigenvalue weighted by molar-refractivity contribution is -0.119. The van der Waals surface area contributed by atoms with Crippen LogP contribution in [0, 0.1) is 0 Å². The Bertz CT molecular complexity index is 406. The number of para-hydroxylation sites is 1. The standard InChI is InChI=1S/C14H20N2O2.ClH/c15-9-14(17)16-10-11-5-1-4-8-13(11)18-12-6-2-3-7-12;/h1,4-5,8,12H,2-3,6-7,9-10,15H2,(H,16,17);1H. The molecule has 0 radical (unpaired) electrons. The van der Waals surface area contributed by atoms with Crippen LogP contribution in [-0.2, 0) is 11.3 Å². The van der Waals surface area contributed by atoms with Gasteiger partial charge in [-0.2, -0.15) is 0 Å². The summed E-state index contributed by atoms with van der Waals surface area (Å²) < 4.78 is 5.99. The molecule has 1 amide bonds. The minimum Gasteiger partial charge on any atom is -0.490 e. The van der Waals surface area contributed by atoms with Gasteiger partial charge in [-0.15, -0.1) is 12.4 Å². The first-order valence-electron chi connectivity index (χ1n) is 6.51. The Morgan fingerprint density at radius 3 is 2.68 bits per heavy atom. The Hall–Kier alpha value is -1.26. The Labute approximate surface area is 120 Å². The molecule has 0 spiro atoms. The summed E-state index contributed by atoms with van der Waals surface area (Å²) in [6, 6.07) is 7.84. The molecule has 2 rings (SSSR count). The van der Waals surface area contributed by atoms with Gasteiger partial charge in [0.25, 0.3) is 0 Å². The summed E-state index contributed by atoms with van der Waals surface area (Å²) in [7, 11) is 0. The van der Waals surface area contributed by atoms with Gasteiger partial charge in [-0.1, -0.05) is 18.2 Å². The third-order valence-corrected chi connectivity index (χ3v) is 3.23. The molecule has 1 aromatic carbocycles. The highest BCUT2D eigenvalue weighted by atomic mass is 35.5. The van der Waals surface area contributed by atoms with Crippen LogP contribution in [0.4, 0.5) is 0 Å². The normalized spacial score (nSPS) is 14.8. The maximum absolute atomic E-state index is 11.2. The van der Waals surface area contributed by atoms with E-state index in [-0.39, 0.29) is 24.9 Å². The van der Waals surface area contributed by atoms with E-state index in [0.29, 0.717) is 12.6 Å². The molecule has 5 heteroatoms. The first-order chi connectivity index (χ1) is 8.79. The highest BCUT2D eigenvalue weighted by molar-refractivity contribution is 5.85. The zero-order valence-electron chi connectivity index (χ0n) is 10.9. The summed E-state index contributed by atoms with van der Waals surface area (Å²) in [4.78, 5) is 11.2. The van der Waals surface area contributed by atoms with Crippen molar-refractivity contribution < 1.29 is 9.53 Å². The lowest BCUT2D eigenvalue weighted by atomic mass is 10.2. The summed E-state index contributed by atoms with van der Waals surface area (Å²) in [5, 5.41) is 2.77. The van der Waals surface area contributed by atoms with Crippen molar-refractivity contribution in [3.05, 3.63) is 29.8 Å². The van der Waals surface area contributed by atoms with Gasteiger partial charge in [0.1, 0.15) is 5.75 Å². The quantitative estimate of drug-likeness (QED) is 0.869. The number of halogens is 1. The number of carbonyl (C=O) groups is 1. The smallest absolute Gasteiger partial charge is 0.234 e. The lowest BCUT2D eigenvalue weighted by Crippen LogP contribution is -2.30. The van der Waals surface area contributed by atoms with Gasteiger partial charge in [0, 0.05) is 12.1 Å². The van der Waals surface area contributed by atoms with Gasteiger partial charge in [0.2, 0.25) is 5.91 Å². The molecule has 0 aromatic heterocycles. The molecule has 1 aliphatic rings. The molecule has 19 heavy (non-hydrogen) atoms. The zero-order chi connectivity index (χ0) is 12.8. The van der Waals surface area contributed by atoms with E-state index in [1.807, 2.05) is 24.3 Å². The second-order valence-corrected chi connectivity index (χ2v) is 4.61. The van der Waals surface area contributed by atoms with Gasteiger partial charge in [-0.25, -0.2) is 0 Å². The molecule has 106 valence electrons. The van der Waals surface area contributed by atoms with Gasteiger partial charge >= 0.3 is 0 Å². The van der Waals surface area contributed by atoms with Crippen LogP contribution in [0.25, 0.3) is 0 Å². The van der Waals surface area contributed by atoms with Crippen LogP contribution in [0.5, 0.6) is 5.75 Å². The number of hydrogen-bond donors (Lipinski definition) is 2. The summed E-state index contributed by atoms with van der Waals surface area (Å²) in [6.07, 6.45) is 5.08. The van der Waals surface area contributed by atoms with Crippen LogP contribution in [0.1, 0.15) is 31.2 Å². The van der Waals surface area contributed by atoms with Gasteiger partial charge < -0.3 is 15.8 Å². The first-order valence-corrected chi connectivity index (χ1v) is 6.51. The van der Waals surface area contributed by atoms with Crippen LogP contribution >= 0.6 is 12.4 Å². The maximum Gasteiger partial charge on any atom is 0.234 e. The van der Waals surface area contributed by atoms with Crippen LogP contribution < -0.4 is 15.8 Å². The number of carbonyl (C=O) groups excluding carboxylic acids is 1. The topological polar surface area (TPSA) is 64.4 Å². The van der Waals surface area contributed by atoms with Crippen LogP contribution in [0.3, 0.4) is 0 Å².